The van der Waals surface area contributed by atoms with Gasteiger partial charge in [0.25, 0.3) is 0 Å². The molecule has 1 aromatic heterocycles. The van der Waals surface area contributed by atoms with Crippen LogP contribution in [0, 0.1) is 12.8 Å². The van der Waals surface area contributed by atoms with Crippen molar-refractivity contribution >= 4 is 28.1 Å². The highest BCUT2D eigenvalue weighted by Gasteiger charge is 2.45. The van der Waals surface area contributed by atoms with E-state index in [4.69, 9.17) is 4.74 Å². The fraction of sp³-hybridized carbons (Fsp3) is 0.444. The molecule has 0 saturated carbocycles. The van der Waals surface area contributed by atoms with E-state index in [1.807, 2.05) is 24.4 Å². The number of cyclic esters (lactones) is 1. The first-order chi connectivity index (χ1) is 11.0. The maximum Gasteiger partial charge on any atom is 0.310 e. The Morgan fingerprint density at radius 2 is 2.13 bits per heavy atom. The van der Waals surface area contributed by atoms with Crippen molar-refractivity contribution < 1.29 is 9.53 Å². The molecule has 23 heavy (non-hydrogen) atoms. The number of nitrogens with one attached hydrogen (secondary N) is 1. The molecule has 0 amide bonds. The quantitative estimate of drug-likeness (QED) is 0.802. The molecular formula is C18H22N2O2S. The number of esters is 1. The van der Waals surface area contributed by atoms with Crippen molar-refractivity contribution in [3.8, 4) is 0 Å². The number of benzene rings is 1. The molecule has 2 heterocycles. The van der Waals surface area contributed by atoms with Gasteiger partial charge in [-0.1, -0.05) is 31.0 Å². The molecule has 0 spiro atoms. The highest BCUT2D eigenvalue weighted by Crippen LogP contribution is 2.42. The van der Waals surface area contributed by atoms with Crippen molar-refractivity contribution in [2.45, 2.75) is 45.6 Å². The molecule has 5 heteroatoms. The Morgan fingerprint density at radius 1 is 1.39 bits per heavy atom. The lowest BCUT2D eigenvalue weighted by molar-refractivity contribution is -0.150. The zero-order chi connectivity index (χ0) is 16.4. The minimum atomic E-state index is -0.597. The fourth-order valence-corrected chi connectivity index (χ4v) is 3.81. The number of ether oxygens (including phenoxy) is 1. The van der Waals surface area contributed by atoms with Gasteiger partial charge >= 0.3 is 5.97 Å². The second kappa shape index (κ2) is 6.32. The van der Waals surface area contributed by atoms with Crippen LogP contribution in [0.3, 0.4) is 0 Å². The first-order valence-corrected chi connectivity index (χ1v) is 8.90. The van der Waals surface area contributed by atoms with Crippen molar-refractivity contribution in [2.24, 2.45) is 5.92 Å². The summed E-state index contributed by atoms with van der Waals surface area (Å²) >= 11 is 1.54. The number of carbonyl (C=O) groups excluding carboxylic acids is 1. The predicted molar refractivity (Wildman–Crippen MR) is 93.0 cm³/mol. The van der Waals surface area contributed by atoms with Gasteiger partial charge < -0.3 is 10.1 Å². The van der Waals surface area contributed by atoms with Crippen LogP contribution in [-0.4, -0.2) is 11.0 Å². The summed E-state index contributed by atoms with van der Waals surface area (Å²) in [6, 6.07) is 8.19. The summed E-state index contributed by atoms with van der Waals surface area (Å²) in [5.74, 6) is -0.0874. The Labute approximate surface area is 140 Å². The molecule has 1 aliphatic heterocycles. The molecule has 1 aromatic carbocycles. The molecular weight excluding hydrogens is 308 g/mol. The molecule has 0 aliphatic carbocycles. The van der Waals surface area contributed by atoms with Crippen molar-refractivity contribution in [1.82, 2.24) is 4.98 Å². The molecule has 0 unspecified atom stereocenters. The largest absolute Gasteiger partial charge is 0.453 e. The van der Waals surface area contributed by atoms with E-state index in [1.165, 1.54) is 16.9 Å². The monoisotopic (exact) mass is 330 g/mol. The van der Waals surface area contributed by atoms with E-state index in [1.54, 1.807) is 0 Å². The third-order valence-electron chi connectivity index (χ3n) is 4.28. The second-order valence-corrected chi connectivity index (χ2v) is 7.23. The van der Waals surface area contributed by atoms with Crippen LogP contribution in [0.4, 0.5) is 10.8 Å². The zero-order valence-corrected chi connectivity index (χ0v) is 14.6. The van der Waals surface area contributed by atoms with Gasteiger partial charge in [-0.15, -0.1) is 11.3 Å². The van der Waals surface area contributed by atoms with Crippen LogP contribution in [0.5, 0.6) is 0 Å². The van der Waals surface area contributed by atoms with Gasteiger partial charge in [-0.25, -0.2) is 4.98 Å². The Bertz CT molecular complexity index is 695. The molecule has 2 aromatic rings. The number of aromatic nitrogens is 1. The predicted octanol–water partition coefficient (Wildman–Crippen LogP) is 4.77. The van der Waals surface area contributed by atoms with Crippen molar-refractivity contribution in [3.05, 3.63) is 40.9 Å². The van der Waals surface area contributed by atoms with Gasteiger partial charge in [-0.3, -0.25) is 4.79 Å². The van der Waals surface area contributed by atoms with Crippen LogP contribution in [0.25, 0.3) is 0 Å². The van der Waals surface area contributed by atoms with Gasteiger partial charge in [0.2, 0.25) is 0 Å². The zero-order valence-electron chi connectivity index (χ0n) is 13.8. The Morgan fingerprint density at radius 3 is 2.83 bits per heavy atom. The normalized spacial score (nSPS) is 23.8. The van der Waals surface area contributed by atoms with Crippen molar-refractivity contribution in [3.63, 3.8) is 0 Å². The summed E-state index contributed by atoms with van der Waals surface area (Å²) in [6.07, 6.45) is 2.59. The average molecular weight is 330 g/mol. The smallest absolute Gasteiger partial charge is 0.310 e. The van der Waals surface area contributed by atoms with E-state index >= 15 is 0 Å². The lowest BCUT2D eigenvalue weighted by Crippen LogP contribution is -2.21. The van der Waals surface area contributed by atoms with Gasteiger partial charge in [0, 0.05) is 17.5 Å². The fourth-order valence-electron chi connectivity index (χ4n) is 2.96. The van der Waals surface area contributed by atoms with E-state index in [0.29, 0.717) is 6.42 Å². The molecule has 1 saturated heterocycles. The summed E-state index contributed by atoms with van der Waals surface area (Å²) in [7, 11) is 0. The first kappa shape index (κ1) is 16.0. The highest BCUT2D eigenvalue weighted by molar-refractivity contribution is 7.13. The number of thiazole rings is 1. The summed E-state index contributed by atoms with van der Waals surface area (Å²) < 4.78 is 5.66. The SMILES string of the molecule is CCC[C@H]1C[C@](C)(c2csc(Nc3ccc(C)cc3)n2)OC1=O. The van der Waals surface area contributed by atoms with Gasteiger partial charge in [0.15, 0.2) is 10.7 Å². The number of anilines is 2. The molecule has 1 N–H and O–H groups in total. The molecule has 0 bridgehead atoms. The number of aryl methyl sites for hydroxylation is 1. The number of hydrogen-bond donors (Lipinski definition) is 1. The van der Waals surface area contributed by atoms with Gasteiger partial charge in [-0.05, 0) is 32.4 Å². The Kier molecular flexibility index (Phi) is 4.39. The number of rotatable bonds is 5. The second-order valence-electron chi connectivity index (χ2n) is 6.37. The Balaban J connectivity index is 1.74. The van der Waals surface area contributed by atoms with Crippen LogP contribution < -0.4 is 5.32 Å². The molecule has 2 atom stereocenters. The van der Waals surface area contributed by atoms with E-state index in [-0.39, 0.29) is 11.9 Å². The molecule has 1 fully saturated rings. The van der Waals surface area contributed by atoms with Crippen LogP contribution >= 0.6 is 11.3 Å². The molecule has 1 aliphatic rings. The molecule has 0 radical (unpaired) electrons. The van der Waals surface area contributed by atoms with Gasteiger partial charge in [0.05, 0.1) is 11.6 Å². The topological polar surface area (TPSA) is 51.2 Å². The van der Waals surface area contributed by atoms with E-state index in [0.717, 1.165) is 29.4 Å². The first-order valence-electron chi connectivity index (χ1n) is 8.03. The number of nitrogens with zero attached hydrogens (tertiary/aromatic N) is 1. The van der Waals surface area contributed by atoms with E-state index in [2.05, 4.69) is 36.3 Å². The summed E-state index contributed by atoms with van der Waals surface area (Å²) in [5, 5.41) is 6.11. The van der Waals surface area contributed by atoms with E-state index in [9.17, 15) is 4.79 Å². The lowest BCUT2D eigenvalue weighted by atomic mass is 9.91. The maximum atomic E-state index is 12.0. The van der Waals surface area contributed by atoms with Crippen LogP contribution in [0.1, 0.15) is 44.4 Å². The third-order valence-corrected chi connectivity index (χ3v) is 5.04. The highest BCUT2D eigenvalue weighted by atomic mass is 32.1. The van der Waals surface area contributed by atoms with Crippen LogP contribution in [-0.2, 0) is 15.1 Å². The molecule has 3 rings (SSSR count). The maximum absolute atomic E-state index is 12.0. The summed E-state index contributed by atoms with van der Waals surface area (Å²) in [5.41, 5.74) is 2.47. The van der Waals surface area contributed by atoms with Crippen molar-refractivity contribution in [2.75, 3.05) is 5.32 Å². The van der Waals surface area contributed by atoms with Gasteiger partial charge in [0.1, 0.15) is 0 Å². The van der Waals surface area contributed by atoms with Gasteiger partial charge in [-0.2, -0.15) is 0 Å². The summed E-state index contributed by atoms with van der Waals surface area (Å²) in [4.78, 5) is 16.7. The molecule has 122 valence electrons. The summed E-state index contributed by atoms with van der Waals surface area (Å²) in [6.45, 7) is 6.12. The standard InChI is InChI=1S/C18H22N2O2S/c1-4-5-13-10-18(3,22-16(13)21)15-11-23-17(20-15)19-14-8-6-12(2)7-9-14/h6-9,11,13H,4-5,10H2,1-3H3,(H,19,20)/t13-,18+/m0/s1. The average Bonchev–Trinajstić information content (AvgIpc) is 3.08. The Hall–Kier alpha value is -1.88. The van der Waals surface area contributed by atoms with Crippen LogP contribution in [0.15, 0.2) is 29.6 Å². The minimum absolute atomic E-state index is 0.000192. The lowest BCUT2D eigenvalue weighted by Gasteiger charge is -2.19. The number of hydrogen-bond acceptors (Lipinski definition) is 5. The van der Waals surface area contributed by atoms with Crippen LogP contribution in [0.2, 0.25) is 0 Å². The minimum Gasteiger partial charge on any atom is -0.453 e. The number of carbonyl (C=O) groups is 1. The third kappa shape index (κ3) is 3.39. The van der Waals surface area contributed by atoms with E-state index < -0.39 is 5.60 Å². The molecule has 4 nitrogen and oxygen atoms in total. The van der Waals surface area contributed by atoms with Crippen molar-refractivity contribution in [1.29, 1.82) is 0 Å².